The van der Waals surface area contributed by atoms with Gasteiger partial charge in [0.15, 0.2) is 0 Å². The summed E-state index contributed by atoms with van der Waals surface area (Å²) in [5.74, 6) is 0.319. The van der Waals surface area contributed by atoms with Crippen LogP contribution in [0.2, 0.25) is 0 Å². The molecule has 0 amide bonds. The van der Waals surface area contributed by atoms with E-state index in [1.54, 1.807) is 6.07 Å². The number of rotatable bonds is 7. The smallest absolute Gasteiger partial charge is 0.127 e. The van der Waals surface area contributed by atoms with Crippen molar-refractivity contribution in [2.45, 2.75) is 40.2 Å². The molecule has 0 radical (unpaired) electrons. The molecule has 0 aromatic heterocycles. The number of benzene rings is 1. The highest BCUT2D eigenvalue weighted by Gasteiger charge is 2.11. The molecule has 0 saturated carbocycles. The van der Waals surface area contributed by atoms with Gasteiger partial charge in [0.05, 0.1) is 0 Å². The largest absolute Gasteiger partial charge is 0.508 e. The average molecular weight is 253 g/mol. The van der Waals surface area contributed by atoms with Crippen LogP contribution < -0.4 is 0 Å². The number of halogens is 1. The van der Waals surface area contributed by atoms with Crippen molar-refractivity contribution in [3.63, 3.8) is 0 Å². The molecule has 102 valence electrons. The minimum absolute atomic E-state index is 0.00332. The van der Waals surface area contributed by atoms with Gasteiger partial charge in [-0.15, -0.1) is 0 Å². The second kappa shape index (κ2) is 7.37. The third-order valence-electron chi connectivity index (χ3n) is 3.47. The maximum absolute atomic E-state index is 13.2. The number of phenolic OH excluding ortho intramolecular Hbond substituents is 1. The van der Waals surface area contributed by atoms with Crippen molar-refractivity contribution in [2.24, 2.45) is 5.92 Å². The van der Waals surface area contributed by atoms with Crippen LogP contribution in [0.15, 0.2) is 18.2 Å². The minimum Gasteiger partial charge on any atom is -0.508 e. The lowest BCUT2D eigenvalue weighted by molar-refractivity contribution is 0.226. The van der Waals surface area contributed by atoms with Crippen LogP contribution in [0.1, 0.15) is 39.2 Å². The van der Waals surface area contributed by atoms with Crippen LogP contribution in [-0.4, -0.2) is 23.1 Å². The topological polar surface area (TPSA) is 23.5 Å². The summed E-state index contributed by atoms with van der Waals surface area (Å²) >= 11 is 0. The van der Waals surface area contributed by atoms with Crippen molar-refractivity contribution in [3.05, 3.63) is 29.6 Å². The Morgan fingerprint density at radius 1 is 1.17 bits per heavy atom. The van der Waals surface area contributed by atoms with Gasteiger partial charge in [0, 0.05) is 19.2 Å². The molecule has 0 fully saturated rings. The fourth-order valence-corrected chi connectivity index (χ4v) is 2.20. The fourth-order valence-electron chi connectivity index (χ4n) is 2.20. The van der Waals surface area contributed by atoms with Gasteiger partial charge in [-0.2, -0.15) is 0 Å². The Morgan fingerprint density at radius 2 is 1.83 bits per heavy atom. The molecule has 2 nitrogen and oxygen atoms in total. The summed E-state index contributed by atoms with van der Waals surface area (Å²) in [4.78, 5) is 2.30. The number of aromatic hydroxyl groups is 1. The van der Waals surface area contributed by atoms with Crippen LogP contribution in [0.25, 0.3) is 0 Å². The molecule has 1 N–H and O–H groups in total. The van der Waals surface area contributed by atoms with E-state index in [2.05, 4.69) is 25.7 Å². The molecule has 18 heavy (non-hydrogen) atoms. The molecule has 0 bridgehead atoms. The Bertz CT molecular complexity index is 343. The number of phenols is 1. The van der Waals surface area contributed by atoms with Crippen LogP contribution in [0, 0.1) is 11.7 Å². The first kappa shape index (κ1) is 15.0. The molecule has 0 spiro atoms. The van der Waals surface area contributed by atoms with Gasteiger partial charge in [0.25, 0.3) is 0 Å². The molecule has 1 aromatic rings. The maximum atomic E-state index is 13.2. The van der Waals surface area contributed by atoms with Crippen molar-refractivity contribution in [1.82, 2.24) is 4.90 Å². The predicted molar refractivity (Wildman–Crippen MR) is 73.1 cm³/mol. The summed E-state index contributed by atoms with van der Waals surface area (Å²) in [5, 5.41) is 9.40. The van der Waals surface area contributed by atoms with E-state index in [1.165, 1.54) is 18.9 Å². The van der Waals surface area contributed by atoms with Crippen LogP contribution in [0.4, 0.5) is 4.39 Å². The monoisotopic (exact) mass is 253 g/mol. The first-order chi connectivity index (χ1) is 8.58. The van der Waals surface area contributed by atoms with E-state index in [1.807, 2.05) is 0 Å². The molecule has 0 heterocycles. The van der Waals surface area contributed by atoms with Gasteiger partial charge in [0.1, 0.15) is 11.6 Å². The van der Waals surface area contributed by atoms with Crippen molar-refractivity contribution in [2.75, 3.05) is 13.1 Å². The second-order valence-electron chi connectivity index (χ2n) is 4.83. The lowest BCUT2D eigenvalue weighted by Gasteiger charge is -2.25. The molecule has 0 aliphatic carbocycles. The average Bonchev–Trinajstić information content (AvgIpc) is 2.33. The molecule has 3 heteroatoms. The van der Waals surface area contributed by atoms with E-state index in [4.69, 9.17) is 0 Å². The van der Waals surface area contributed by atoms with Gasteiger partial charge < -0.3 is 5.11 Å². The summed E-state index contributed by atoms with van der Waals surface area (Å²) in [6.45, 7) is 9.18. The van der Waals surface area contributed by atoms with Gasteiger partial charge in [0.2, 0.25) is 0 Å². The van der Waals surface area contributed by atoms with Crippen molar-refractivity contribution >= 4 is 0 Å². The first-order valence-electron chi connectivity index (χ1n) is 6.79. The quantitative estimate of drug-likeness (QED) is 0.799. The van der Waals surface area contributed by atoms with E-state index >= 15 is 0 Å². The summed E-state index contributed by atoms with van der Waals surface area (Å²) in [6, 6.07) is 4.27. The number of nitrogens with zero attached hydrogens (tertiary/aromatic N) is 1. The van der Waals surface area contributed by atoms with E-state index in [0.29, 0.717) is 12.5 Å². The molecule has 1 aromatic carbocycles. The number of hydrogen-bond acceptors (Lipinski definition) is 2. The van der Waals surface area contributed by atoms with Crippen LogP contribution in [-0.2, 0) is 6.54 Å². The molecule has 0 atom stereocenters. The van der Waals surface area contributed by atoms with Crippen LogP contribution in [0.3, 0.4) is 0 Å². The zero-order chi connectivity index (χ0) is 13.5. The zero-order valence-electron chi connectivity index (χ0n) is 11.6. The van der Waals surface area contributed by atoms with Crippen LogP contribution in [0.5, 0.6) is 5.75 Å². The van der Waals surface area contributed by atoms with Gasteiger partial charge in [-0.1, -0.05) is 33.6 Å². The summed E-state index contributed by atoms with van der Waals surface area (Å²) in [5.41, 5.74) is 0.834. The van der Waals surface area contributed by atoms with E-state index in [0.717, 1.165) is 24.7 Å². The lowest BCUT2D eigenvalue weighted by Crippen LogP contribution is -2.28. The van der Waals surface area contributed by atoms with E-state index < -0.39 is 0 Å². The van der Waals surface area contributed by atoms with Gasteiger partial charge in [-0.25, -0.2) is 4.39 Å². The summed E-state index contributed by atoms with van der Waals surface area (Å²) < 4.78 is 13.2. The van der Waals surface area contributed by atoms with Crippen molar-refractivity contribution in [3.8, 4) is 5.75 Å². The highest BCUT2D eigenvalue weighted by molar-refractivity contribution is 5.28. The van der Waals surface area contributed by atoms with Gasteiger partial charge in [-0.05, 0) is 30.2 Å². The second-order valence-corrected chi connectivity index (χ2v) is 4.83. The molecular formula is C15H24FNO. The molecule has 1 rings (SSSR count). The van der Waals surface area contributed by atoms with Gasteiger partial charge >= 0.3 is 0 Å². The Labute approximate surface area is 109 Å². The molecule has 0 aliphatic heterocycles. The molecule has 0 saturated heterocycles. The Hall–Kier alpha value is -1.09. The van der Waals surface area contributed by atoms with E-state index in [9.17, 15) is 9.50 Å². The van der Waals surface area contributed by atoms with E-state index in [-0.39, 0.29) is 11.6 Å². The zero-order valence-corrected chi connectivity index (χ0v) is 11.6. The van der Waals surface area contributed by atoms with Crippen LogP contribution >= 0.6 is 0 Å². The standard InChI is InChI=1S/C15H24FNO/c1-4-12(5-2)10-17(6-3)11-13-7-14(16)9-15(18)8-13/h7-9,12,18H,4-6,10-11H2,1-3H3. The SMILES string of the molecule is CCC(CC)CN(CC)Cc1cc(O)cc(F)c1. The van der Waals surface area contributed by atoms with Crippen molar-refractivity contribution < 1.29 is 9.50 Å². The summed E-state index contributed by atoms with van der Waals surface area (Å²) in [7, 11) is 0. The molecule has 0 unspecified atom stereocenters. The summed E-state index contributed by atoms with van der Waals surface area (Å²) in [6.07, 6.45) is 2.34. The first-order valence-corrected chi connectivity index (χ1v) is 6.79. The maximum Gasteiger partial charge on any atom is 0.127 e. The Balaban J connectivity index is 2.67. The normalized spacial score (nSPS) is 11.4. The Morgan fingerprint density at radius 3 is 2.33 bits per heavy atom. The Kier molecular flexibility index (Phi) is 6.13. The van der Waals surface area contributed by atoms with Gasteiger partial charge in [-0.3, -0.25) is 4.90 Å². The highest BCUT2D eigenvalue weighted by atomic mass is 19.1. The number of hydrogen-bond donors (Lipinski definition) is 1. The fraction of sp³-hybridized carbons (Fsp3) is 0.600. The van der Waals surface area contributed by atoms with Crippen molar-refractivity contribution in [1.29, 1.82) is 0 Å². The molecular weight excluding hydrogens is 229 g/mol. The predicted octanol–water partition coefficient (Wildman–Crippen LogP) is 3.79. The third-order valence-corrected chi connectivity index (χ3v) is 3.47. The molecule has 0 aliphatic rings. The third kappa shape index (κ3) is 4.65. The minimum atomic E-state index is -0.372. The lowest BCUT2D eigenvalue weighted by atomic mass is 10.0. The highest BCUT2D eigenvalue weighted by Crippen LogP contribution is 2.17.